The summed E-state index contributed by atoms with van der Waals surface area (Å²) in [5.41, 5.74) is 1.27. The first-order valence-electron chi connectivity index (χ1n) is 4.56. The summed E-state index contributed by atoms with van der Waals surface area (Å²) in [5, 5.41) is 0. The van der Waals surface area contributed by atoms with E-state index in [1.54, 1.807) is 0 Å². The Balaban J connectivity index is 2.03. The van der Waals surface area contributed by atoms with Gasteiger partial charge in [0.15, 0.2) is 0 Å². The number of amides is 1. The van der Waals surface area contributed by atoms with Gasteiger partial charge in [0.2, 0.25) is 6.41 Å². The number of fused-ring (bicyclic) bond motifs is 1. The van der Waals surface area contributed by atoms with Gasteiger partial charge < -0.3 is 9.80 Å². The van der Waals surface area contributed by atoms with Crippen LogP contribution in [-0.4, -0.2) is 35.8 Å². The standard InChI is InChI=1S/C9H12N2O/c12-6-11-4-7-3-10-2-1-8(7)9(11)5-10/h5-8H,1-4H2. The van der Waals surface area contributed by atoms with Crippen molar-refractivity contribution in [2.75, 3.05) is 19.6 Å². The van der Waals surface area contributed by atoms with E-state index < -0.39 is 0 Å². The summed E-state index contributed by atoms with van der Waals surface area (Å²) in [6.07, 6.45) is 4.40. The number of likely N-dealkylation sites (tertiary alicyclic amines) is 1. The van der Waals surface area contributed by atoms with Gasteiger partial charge in [-0.2, -0.15) is 0 Å². The van der Waals surface area contributed by atoms with Crippen LogP contribution in [0.5, 0.6) is 0 Å². The SMILES string of the molecule is O=CN1CC2CN3C=C1C2CC3. The van der Waals surface area contributed by atoms with Gasteiger partial charge in [-0.3, -0.25) is 4.79 Å². The Labute approximate surface area is 71.6 Å². The van der Waals surface area contributed by atoms with Crippen LogP contribution >= 0.6 is 0 Å². The Morgan fingerprint density at radius 3 is 3.08 bits per heavy atom. The molecule has 4 aliphatic rings. The zero-order valence-electron chi connectivity index (χ0n) is 6.94. The van der Waals surface area contributed by atoms with Crippen LogP contribution in [0.25, 0.3) is 0 Å². The fourth-order valence-electron chi connectivity index (χ4n) is 2.78. The van der Waals surface area contributed by atoms with Crippen LogP contribution in [0.2, 0.25) is 0 Å². The molecule has 64 valence electrons. The molecule has 3 nitrogen and oxygen atoms in total. The first-order valence-corrected chi connectivity index (χ1v) is 4.56. The molecule has 4 heterocycles. The van der Waals surface area contributed by atoms with E-state index in [2.05, 4.69) is 11.1 Å². The lowest BCUT2D eigenvalue weighted by Gasteiger charge is -2.38. The summed E-state index contributed by atoms with van der Waals surface area (Å²) in [6.45, 7) is 3.31. The van der Waals surface area contributed by atoms with Crippen LogP contribution < -0.4 is 0 Å². The molecular formula is C9H12N2O. The highest BCUT2D eigenvalue weighted by molar-refractivity contribution is 5.53. The number of rotatable bonds is 1. The minimum absolute atomic E-state index is 0.695. The van der Waals surface area contributed by atoms with E-state index in [4.69, 9.17) is 0 Å². The Hall–Kier alpha value is -0.990. The quantitative estimate of drug-likeness (QED) is 0.519. The third-order valence-corrected chi connectivity index (χ3v) is 3.35. The van der Waals surface area contributed by atoms with Crippen molar-refractivity contribution in [1.82, 2.24) is 9.80 Å². The van der Waals surface area contributed by atoms with Gasteiger partial charge in [-0.15, -0.1) is 0 Å². The predicted octanol–water partition coefficient (Wildman–Crippen LogP) is 0.252. The van der Waals surface area contributed by atoms with E-state index in [-0.39, 0.29) is 0 Å². The molecule has 0 aromatic carbocycles. The van der Waals surface area contributed by atoms with Gasteiger partial charge >= 0.3 is 0 Å². The Morgan fingerprint density at radius 1 is 1.50 bits per heavy atom. The van der Waals surface area contributed by atoms with E-state index in [1.807, 2.05) is 4.90 Å². The molecule has 0 aromatic heterocycles. The Kier molecular flexibility index (Phi) is 1.10. The predicted molar refractivity (Wildman–Crippen MR) is 44.0 cm³/mol. The van der Waals surface area contributed by atoms with E-state index in [0.717, 1.165) is 18.9 Å². The summed E-state index contributed by atoms with van der Waals surface area (Å²) in [7, 11) is 0. The van der Waals surface area contributed by atoms with Gasteiger partial charge in [0, 0.05) is 43.4 Å². The van der Waals surface area contributed by atoms with E-state index >= 15 is 0 Å². The molecule has 0 saturated carbocycles. The first-order chi connectivity index (χ1) is 5.88. The summed E-state index contributed by atoms with van der Waals surface area (Å²) >= 11 is 0. The van der Waals surface area contributed by atoms with Crippen LogP contribution in [-0.2, 0) is 4.79 Å². The van der Waals surface area contributed by atoms with Crippen LogP contribution in [0.3, 0.4) is 0 Å². The maximum atomic E-state index is 10.7. The first kappa shape index (κ1) is 6.52. The molecule has 1 amide bonds. The number of carbonyl (C=O) groups excluding carboxylic acids is 1. The molecule has 0 spiro atoms. The largest absolute Gasteiger partial charge is 0.376 e. The van der Waals surface area contributed by atoms with Crippen molar-refractivity contribution in [3.8, 4) is 0 Å². The molecule has 3 heteroatoms. The number of carbonyl (C=O) groups is 1. The van der Waals surface area contributed by atoms with Crippen LogP contribution in [0.15, 0.2) is 11.9 Å². The molecule has 4 rings (SSSR count). The number of allylic oxidation sites excluding steroid dienone is 1. The maximum Gasteiger partial charge on any atom is 0.213 e. The fraction of sp³-hybridized carbons (Fsp3) is 0.667. The van der Waals surface area contributed by atoms with Crippen molar-refractivity contribution < 1.29 is 4.79 Å². The third-order valence-electron chi connectivity index (χ3n) is 3.35. The molecule has 4 bridgehead atoms. The number of nitrogens with zero attached hydrogens (tertiary/aromatic N) is 2. The molecule has 0 N–H and O–H groups in total. The fourth-order valence-corrected chi connectivity index (χ4v) is 2.78. The van der Waals surface area contributed by atoms with E-state index in [9.17, 15) is 4.79 Å². The van der Waals surface area contributed by atoms with Crippen molar-refractivity contribution in [1.29, 1.82) is 0 Å². The molecule has 4 aliphatic heterocycles. The molecule has 0 aromatic rings. The number of hydrogen-bond acceptors (Lipinski definition) is 2. The lowest BCUT2D eigenvalue weighted by atomic mass is 9.84. The highest BCUT2D eigenvalue weighted by Gasteiger charge is 2.43. The molecular weight excluding hydrogens is 152 g/mol. The monoisotopic (exact) mass is 164 g/mol. The van der Waals surface area contributed by atoms with Gasteiger partial charge in [-0.1, -0.05) is 0 Å². The van der Waals surface area contributed by atoms with Gasteiger partial charge in [0.25, 0.3) is 0 Å². The van der Waals surface area contributed by atoms with Crippen LogP contribution in [0.1, 0.15) is 6.42 Å². The summed E-state index contributed by atoms with van der Waals surface area (Å²) in [5.74, 6) is 1.42. The normalized spacial score (nSPS) is 37.2. The van der Waals surface area contributed by atoms with Crippen molar-refractivity contribution >= 4 is 6.41 Å². The van der Waals surface area contributed by atoms with E-state index in [1.165, 1.54) is 25.2 Å². The van der Waals surface area contributed by atoms with Gasteiger partial charge in [0.05, 0.1) is 0 Å². The summed E-state index contributed by atoms with van der Waals surface area (Å²) in [6, 6.07) is 0. The molecule has 2 fully saturated rings. The lowest BCUT2D eigenvalue weighted by molar-refractivity contribution is -0.116. The summed E-state index contributed by atoms with van der Waals surface area (Å²) < 4.78 is 0. The van der Waals surface area contributed by atoms with Crippen molar-refractivity contribution in [3.05, 3.63) is 11.9 Å². The van der Waals surface area contributed by atoms with E-state index in [0.29, 0.717) is 5.92 Å². The molecule has 2 atom stereocenters. The highest BCUT2D eigenvalue weighted by atomic mass is 16.1. The number of hydrogen-bond donors (Lipinski definition) is 0. The number of piperidine rings is 1. The Morgan fingerprint density at radius 2 is 2.42 bits per heavy atom. The average molecular weight is 164 g/mol. The van der Waals surface area contributed by atoms with Gasteiger partial charge in [-0.05, 0) is 6.42 Å². The zero-order valence-corrected chi connectivity index (χ0v) is 6.94. The van der Waals surface area contributed by atoms with Gasteiger partial charge in [0.1, 0.15) is 0 Å². The van der Waals surface area contributed by atoms with Crippen LogP contribution in [0, 0.1) is 11.8 Å². The molecule has 12 heavy (non-hydrogen) atoms. The smallest absolute Gasteiger partial charge is 0.213 e. The third kappa shape index (κ3) is 0.642. The van der Waals surface area contributed by atoms with Crippen molar-refractivity contribution in [2.45, 2.75) is 6.42 Å². The minimum atomic E-state index is 0.695. The zero-order chi connectivity index (χ0) is 8.13. The molecule has 0 radical (unpaired) electrons. The second-order valence-corrected chi connectivity index (χ2v) is 3.96. The lowest BCUT2D eigenvalue weighted by Crippen LogP contribution is -2.40. The van der Waals surface area contributed by atoms with Gasteiger partial charge in [-0.25, -0.2) is 0 Å². The highest BCUT2D eigenvalue weighted by Crippen LogP contribution is 2.42. The topological polar surface area (TPSA) is 23.6 Å². The van der Waals surface area contributed by atoms with Crippen molar-refractivity contribution in [3.63, 3.8) is 0 Å². The second-order valence-electron chi connectivity index (χ2n) is 3.96. The van der Waals surface area contributed by atoms with Crippen molar-refractivity contribution in [2.24, 2.45) is 11.8 Å². The second kappa shape index (κ2) is 2.03. The minimum Gasteiger partial charge on any atom is -0.376 e. The Bertz CT molecular complexity index is 261. The molecule has 0 aliphatic carbocycles. The van der Waals surface area contributed by atoms with Crippen LogP contribution in [0.4, 0.5) is 0 Å². The molecule has 2 saturated heterocycles. The summed E-state index contributed by atoms with van der Waals surface area (Å²) in [4.78, 5) is 14.9. The maximum absolute atomic E-state index is 10.7. The average Bonchev–Trinajstić information content (AvgIpc) is 2.39. The molecule has 2 unspecified atom stereocenters.